The minimum Gasteiger partial charge on any atom is -0.465 e. The van der Waals surface area contributed by atoms with Crippen molar-refractivity contribution < 1.29 is 14.3 Å². The molecule has 114 valence electrons. The van der Waals surface area contributed by atoms with Crippen LogP contribution in [0.15, 0.2) is 11.3 Å². The molecule has 4 heteroatoms. The first-order chi connectivity index (χ1) is 9.24. The summed E-state index contributed by atoms with van der Waals surface area (Å²) in [4.78, 5) is 24.1. The maximum atomic E-state index is 12.3. The van der Waals surface area contributed by atoms with E-state index in [4.69, 9.17) is 4.74 Å². The minimum absolute atomic E-state index is 0.173. The number of ketones is 1. The van der Waals surface area contributed by atoms with E-state index in [0.29, 0.717) is 19.4 Å². The Hall–Kier alpha value is -0.903. The summed E-state index contributed by atoms with van der Waals surface area (Å²) in [5.41, 5.74) is 3.43. The molecule has 0 N–H and O–H groups in total. The summed E-state index contributed by atoms with van der Waals surface area (Å²) in [6, 6.07) is 0. The van der Waals surface area contributed by atoms with Crippen molar-refractivity contribution in [3.05, 3.63) is 11.3 Å². The van der Waals surface area contributed by atoms with Crippen LogP contribution in [-0.4, -0.2) is 26.4 Å². The smallest absolute Gasteiger partial charge is 0.313 e. The summed E-state index contributed by atoms with van der Waals surface area (Å²) in [6.45, 7) is 11.3. The van der Waals surface area contributed by atoms with Gasteiger partial charge in [0.1, 0.15) is 5.78 Å². The molecule has 20 heavy (non-hydrogen) atoms. The Labute approximate surface area is 123 Å². The van der Waals surface area contributed by atoms with Crippen LogP contribution in [0.2, 0.25) is 19.6 Å². The van der Waals surface area contributed by atoms with Crippen molar-refractivity contribution in [3.63, 3.8) is 0 Å². The van der Waals surface area contributed by atoms with Gasteiger partial charge >= 0.3 is 5.97 Å². The number of ether oxygens (including phenoxy) is 1. The first kappa shape index (κ1) is 17.1. The molecule has 0 bridgehead atoms. The maximum Gasteiger partial charge on any atom is 0.313 e. The van der Waals surface area contributed by atoms with Gasteiger partial charge in [0.15, 0.2) is 0 Å². The molecular formula is C16H28O3Si. The molecule has 0 saturated heterocycles. The fourth-order valence-electron chi connectivity index (χ4n) is 2.61. The lowest BCUT2D eigenvalue weighted by Gasteiger charge is -2.30. The maximum absolute atomic E-state index is 12.3. The van der Waals surface area contributed by atoms with Crippen molar-refractivity contribution in [1.29, 1.82) is 0 Å². The first-order valence-electron chi connectivity index (χ1n) is 7.65. The van der Waals surface area contributed by atoms with E-state index < -0.39 is 8.07 Å². The van der Waals surface area contributed by atoms with Crippen molar-refractivity contribution in [1.82, 2.24) is 0 Å². The van der Waals surface area contributed by atoms with Crippen LogP contribution in [0.3, 0.4) is 0 Å². The highest BCUT2D eigenvalue weighted by molar-refractivity contribution is 6.81. The normalized spacial score (nSPS) is 25.9. The molecule has 1 saturated carbocycles. The molecule has 0 aromatic heterocycles. The van der Waals surface area contributed by atoms with E-state index >= 15 is 0 Å². The summed E-state index contributed by atoms with van der Waals surface area (Å²) >= 11 is 0. The molecule has 2 unspecified atom stereocenters. The van der Waals surface area contributed by atoms with Gasteiger partial charge in [-0.05, 0) is 12.3 Å². The Bertz CT molecular complexity index is 393. The van der Waals surface area contributed by atoms with Crippen LogP contribution in [-0.2, 0) is 14.3 Å². The van der Waals surface area contributed by atoms with Gasteiger partial charge in [0, 0.05) is 12.8 Å². The highest BCUT2D eigenvalue weighted by Crippen LogP contribution is 2.34. The van der Waals surface area contributed by atoms with Crippen LogP contribution in [0, 0.1) is 11.8 Å². The average Bonchev–Trinajstić information content (AvgIpc) is 2.31. The highest BCUT2D eigenvalue weighted by Gasteiger charge is 2.36. The van der Waals surface area contributed by atoms with E-state index in [1.807, 2.05) is 0 Å². The summed E-state index contributed by atoms with van der Waals surface area (Å²) in [6.07, 6.45) is 2.78. The molecule has 0 aromatic carbocycles. The van der Waals surface area contributed by atoms with E-state index in [0.717, 1.165) is 18.4 Å². The predicted octanol–water partition coefficient (Wildman–Crippen LogP) is 3.75. The number of rotatable bonds is 5. The summed E-state index contributed by atoms with van der Waals surface area (Å²) in [5.74, 6) is -0.188. The molecule has 1 rings (SSSR count). The molecule has 1 aliphatic carbocycles. The fourth-order valence-corrected chi connectivity index (χ4v) is 4.10. The molecule has 0 radical (unpaired) electrons. The van der Waals surface area contributed by atoms with Gasteiger partial charge in [-0.2, -0.15) is 0 Å². The topological polar surface area (TPSA) is 43.4 Å². The number of hydrogen-bond acceptors (Lipinski definition) is 3. The third-order valence-electron chi connectivity index (χ3n) is 3.56. The summed E-state index contributed by atoms with van der Waals surface area (Å²) < 4.78 is 5.35. The second-order valence-electron chi connectivity index (χ2n) is 6.93. The molecule has 0 amide bonds. The molecule has 0 aliphatic heterocycles. The van der Waals surface area contributed by atoms with Crippen LogP contribution >= 0.6 is 0 Å². The first-order valence-corrected chi connectivity index (χ1v) is 11.2. The Morgan fingerprint density at radius 1 is 1.35 bits per heavy atom. The van der Waals surface area contributed by atoms with Crippen LogP contribution < -0.4 is 0 Å². The van der Waals surface area contributed by atoms with Crippen molar-refractivity contribution in [2.45, 2.75) is 59.2 Å². The molecule has 0 heterocycles. The van der Waals surface area contributed by atoms with Gasteiger partial charge in [0.05, 0.1) is 20.6 Å². The molecule has 0 aromatic rings. The monoisotopic (exact) mass is 296 g/mol. The largest absolute Gasteiger partial charge is 0.465 e. The third-order valence-corrected chi connectivity index (χ3v) is 4.76. The van der Waals surface area contributed by atoms with Crippen LogP contribution in [0.25, 0.3) is 0 Å². The van der Waals surface area contributed by atoms with Crippen LogP contribution in [0.1, 0.15) is 39.5 Å². The van der Waals surface area contributed by atoms with Crippen LogP contribution in [0.4, 0.5) is 0 Å². The Balaban J connectivity index is 2.89. The SMILES string of the molecule is CCCCOC(=O)C1CC(=O)CC(C)/C1=C\[Si](C)(C)C. The van der Waals surface area contributed by atoms with Crippen molar-refractivity contribution in [2.75, 3.05) is 6.61 Å². The van der Waals surface area contributed by atoms with Gasteiger partial charge in [-0.1, -0.05) is 51.2 Å². The van der Waals surface area contributed by atoms with E-state index in [-0.39, 0.29) is 23.6 Å². The number of carbonyl (C=O) groups excluding carboxylic acids is 2. The number of hydrogen-bond donors (Lipinski definition) is 0. The second-order valence-corrected chi connectivity index (χ2v) is 12.0. The second kappa shape index (κ2) is 7.20. The number of carbonyl (C=O) groups is 2. The zero-order chi connectivity index (χ0) is 15.3. The van der Waals surface area contributed by atoms with Gasteiger partial charge in [-0.3, -0.25) is 9.59 Å². The summed E-state index contributed by atoms with van der Waals surface area (Å²) in [7, 11) is -1.42. The molecule has 2 atom stereocenters. The summed E-state index contributed by atoms with van der Waals surface area (Å²) in [5, 5.41) is 0. The van der Waals surface area contributed by atoms with E-state index in [2.05, 4.69) is 39.2 Å². The number of unbranched alkanes of at least 4 members (excludes halogenated alkanes) is 1. The molecule has 1 fully saturated rings. The zero-order valence-electron chi connectivity index (χ0n) is 13.5. The molecule has 1 aliphatic rings. The van der Waals surface area contributed by atoms with E-state index in [1.165, 1.54) is 0 Å². The number of Topliss-reactive ketones (excluding diaryl/α,β-unsaturated/α-hetero) is 1. The quantitative estimate of drug-likeness (QED) is 0.441. The lowest BCUT2D eigenvalue weighted by atomic mass is 9.78. The van der Waals surface area contributed by atoms with Gasteiger partial charge in [-0.25, -0.2) is 0 Å². The van der Waals surface area contributed by atoms with E-state index in [9.17, 15) is 9.59 Å². The molecule has 3 nitrogen and oxygen atoms in total. The Morgan fingerprint density at radius 3 is 2.55 bits per heavy atom. The zero-order valence-corrected chi connectivity index (χ0v) is 14.5. The van der Waals surface area contributed by atoms with Crippen molar-refractivity contribution in [2.24, 2.45) is 11.8 Å². The van der Waals surface area contributed by atoms with Gasteiger partial charge < -0.3 is 4.74 Å². The van der Waals surface area contributed by atoms with Gasteiger partial charge in [0.2, 0.25) is 0 Å². The number of esters is 1. The Kier molecular flexibility index (Phi) is 6.18. The van der Waals surface area contributed by atoms with Crippen molar-refractivity contribution >= 4 is 19.8 Å². The fraction of sp³-hybridized carbons (Fsp3) is 0.750. The lowest BCUT2D eigenvalue weighted by Crippen LogP contribution is -2.33. The van der Waals surface area contributed by atoms with Gasteiger partial charge in [-0.15, -0.1) is 0 Å². The van der Waals surface area contributed by atoms with Crippen molar-refractivity contribution in [3.8, 4) is 0 Å². The standard InChI is InChI=1S/C16H28O3Si/c1-6-7-8-19-16(18)14-10-13(17)9-12(2)15(14)11-20(3,4)5/h11-12,14H,6-10H2,1-5H3/b15-11+. The predicted molar refractivity (Wildman–Crippen MR) is 84.2 cm³/mol. The highest BCUT2D eigenvalue weighted by atomic mass is 28.3. The van der Waals surface area contributed by atoms with E-state index in [1.54, 1.807) is 0 Å². The Morgan fingerprint density at radius 2 is 2.00 bits per heavy atom. The van der Waals surface area contributed by atoms with Crippen LogP contribution in [0.5, 0.6) is 0 Å². The molecular weight excluding hydrogens is 268 g/mol. The minimum atomic E-state index is -1.42. The third kappa shape index (κ3) is 5.23. The van der Waals surface area contributed by atoms with Gasteiger partial charge in [0.25, 0.3) is 0 Å². The molecule has 0 spiro atoms. The lowest BCUT2D eigenvalue weighted by molar-refractivity contribution is -0.149. The average molecular weight is 296 g/mol.